The summed E-state index contributed by atoms with van der Waals surface area (Å²) in [4.78, 5) is 68.9. The molecule has 0 spiro atoms. The van der Waals surface area contributed by atoms with Crippen LogP contribution in [0, 0.1) is 5.92 Å². The van der Waals surface area contributed by atoms with E-state index in [2.05, 4.69) is 51.2 Å². The van der Waals surface area contributed by atoms with E-state index in [1.54, 1.807) is 40.2 Å². The van der Waals surface area contributed by atoms with Crippen LogP contribution in [0.1, 0.15) is 80.8 Å². The molecular weight excluding hydrogens is 747 g/mol. The smallest absolute Gasteiger partial charge is 0.331 e. The van der Waals surface area contributed by atoms with Crippen molar-refractivity contribution in [3.63, 3.8) is 0 Å². The van der Waals surface area contributed by atoms with Crippen molar-refractivity contribution >= 4 is 41.2 Å². The number of urea groups is 1. The van der Waals surface area contributed by atoms with Gasteiger partial charge in [-0.25, -0.2) is 39.6 Å². The highest BCUT2D eigenvalue weighted by Gasteiger charge is 2.45. The number of amides is 3. The minimum atomic E-state index is -0.308. The molecule has 4 saturated carbocycles. The van der Waals surface area contributed by atoms with Gasteiger partial charge in [0.25, 0.3) is 11.5 Å². The van der Waals surface area contributed by atoms with Gasteiger partial charge in [0.15, 0.2) is 0 Å². The fourth-order valence-electron chi connectivity index (χ4n) is 8.86. The highest BCUT2D eigenvalue weighted by Crippen LogP contribution is 2.48. The largest absolute Gasteiger partial charge is 0.367 e. The minimum Gasteiger partial charge on any atom is -0.367 e. The lowest BCUT2D eigenvalue weighted by molar-refractivity contribution is -0.116. The fourth-order valence-corrected chi connectivity index (χ4v) is 8.86. The highest BCUT2D eigenvalue weighted by atomic mass is 16.2. The molecule has 3 amide bonds. The zero-order valence-corrected chi connectivity index (χ0v) is 32.7. The van der Waals surface area contributed by atoms with Gasteiger partial charge in [0.2, 0.25) is 11.9 Å². The molecule has 5 fully saturated rings. The minimum absolute atomic E-state index is 0.0541. The van der Waals surface area contributed by atoms with Gasteiger partial charge in [0, 0.05) is 67.8 Å². The van der Waals surface area contributed by atoms with Crippen LogP contribution in [0.2, 0.25) is 0 Å². The molecule has 16 nitrogen and oxygen atoms in total. The Balaban J connectivity index is 0.660. The van der Waals surface area contributed by atoms with E-state index >= 15 is 0 Å². The first-order chi connectivity index (χ1) is 28.9. The molecule has 10 rings (SSSR count). The summed E-state index contributed by atoms with van der Waals surface area (Å²) in [5.74, 6) is 3.66. The molecule has 59 heavy (non-hydrogen) atoms. The number of rotatable bonds is 14. The van der Waals surface area contributed by atoms with E-state index < -0.39 is 0 Å². The van der Waals surface area contributed by atoms with Crippen LogP contribution in [0.25, 0.3) is 5.69 Å². The Kier molecular flexibility index (Phi) is 9.82. The first-order valence-electron chi connectivity index (χ1n) is 20.8. The number of carbonyl (C=O) groups excluding carboxylic acids is 2. The Morgan fingerprint density at radius 3 is 1.71 bits per heavy atom. The van der Waals surface area contributed by atoms with Gasteiger partial charge in [0.1, 0.15) is 18.2 Å². The predicted molar refractivity (Wildman–Crippen MR) is 223 cm³/mol. The quantitative estimate of drug-likeness (QED) is 0.103. The molecule has 0 aromatic carbocycles. The van der Waals surface area contributed by atoms with Gasteiger partial charge in [-0.1, -0.05) is 6.07 Å². The van der Waals surface area contributed by atoms with Gasteiger partial charge in [-0.2, -0.15) is 0 Å². The second-order valence-electron chi connectivity index (χ2n) is 16.7. The van der Waals surface area contributed by atoms with Gasteiger partial charge < -0.3 is 26.2 Å². The average Bonchev–Trinajstić information content (AvgIpc) is 4.13. The number of imide groups is 1. The third-order valence-electron chi connectivity index (χ3n) is 12.3. The van der Waals surface area contributed by atoms with Crippen molar-refractivity contribution in [1.82, 2.24) is 39.4 Å². The van der Waals surface area contributed by atoms with Gasteiger partial charge in [-0.05, 0) is 117 Å². The molecule has 5 aliphatic rings. The van der Waals surface area contributed by atoms with Crippen molar-refractivity contribution < 1.29 is 9.59 Å². The van der Waals surface area contributed by atoms with Crippen molar-refractivity contribution in [2.24, 2.45) is 5.92 Å². The number of nitrogens with zero attached hydrogens (tertiary/aromatic N) is 9. The molecule has 0 bridgehead atoms. The van der Waals surface area contributed by atoms with Crippen LogP contribution in [-0.4, -0.2) is 88.6 Å². The van der Waals surface area contributed by atoms with Crippen LogP contribution in [0.5, 0.6) is 0 Å². The summed E-state index contributed by atoms with van der Waals surface area (Å²) in [6.07, 6.45) is 21.9. The summed E-state index contributed by atoms with van der Waals surface area (Å²) < 4.78 is 1.57. The van der Waals surface area contributed by atoms with E-state index in [0.717, 1.165) is 62.0 Å². The highest BCUT2D eigenvalue weighted by molar-refractivity contribution is 6.19. The number of hydrogen-bond donors (Lipinski definition) is 4. The molecule has 5 aromatic heterocycles. The summed E-state index contributed by atoms with van der Waals surface area (Å²) >= 11 is 0. The van der Waals surface area contributed by atoms with Gasteiger partial charge in [-0.15, -0.1) is 0 Å². The zero-order chi connectivity index (χ0) is 39.9. The van der Waals surface area contributed by atoms with Crippen molar-refractivity contribution in [1.29, 1.82) is 0 Å². The van der Waals surface area contributed by atoms with E-state index in [0.29, 0.717) is 35.9 Å². The van der Waals surface area contributed by atoms with Crippen LogP contribution >= 0.6 is 0 Å². The van der Waals surface area contributed by atoms with Crippen molar-refractivity contribution in [2.45, 2.75) is 93.8 Å². The molecular formula is C43H47N13O3. The van der Waals surface area contributed by atoms with E-state index in [1.165, 1.54) is 29.4 Å². The number of aromatic nitrogens is 7. The topological polar surface area (TPSA) is 188 Å². The third kappa shape index (κ3) is 8.29. The van der Waals surface area contributed by atoms with E-state index in [4.69, 9.17) is 0 Å². The maximum absolute atomic E-state index is 13.5. The Hall–Kier alpha value is -6.45. The Morgan fingerprint density at radius 1 is 0.576 bits per heavy atom. The summed E-state index contributed by atoms with van der Waals surface area (Å²) in [6, 6.07) is 13.2. The molecule has 4 N–H and O–H groups in total. The first-order valence-corrected chi connectivity index (χ1v) is 20.8. The van der Waals surface area contributed by atoms with Crippen LogP contribution in [0.3, 0.4) is 0 Å². The summed E-state index contributed by atoms with van der Waals surface area (Å²) in [5, 5.41) is 14.0. The predicted octanol–water partition coefficient (Wildman–Crippen LogP) is 5.55. The maximum Gasteiger partial charge on any atom is 0.331 e. The Morgan fingerprint density at radius 2 is 1.15 bits per heavy atom. The lowest BCUT2D eigenvalue weighted by Gasteiger charge is -2.18. The molecule has 0 radical (unpaired) electrons. The van der Waals surface area contributed by atoms with Crippen molar-refractivity contribution in [2.75, 3.05) is 39.3 Å². The van der Waals surface area contributed by atoms with Crippen molar-refractivity contribution in [3.8, 4) is 5.69 Å². The number of nitrogens with one attached hydrogen (secondary N) is 4. The summed E-state index contributed by atoms with van der Waals surface area (Å²) in [5.41, 5.74) is 3.38. The second-order valence-corrected chi connectivity index (χ2v) is 16.7. The van der Waals surface area contributed by atoms with Gasteiger partial charge >= 0.3 is 6.03 Å². The molecule has 302 valence electrons. The number of carbonyl (C=O) groups is 2. The van der Waals surface area contributed by atoms with E-state index in [-0.39, 0.29) is 60.0 Å². The molecule has 1 saturated heterocycles. The van der Waals surface area contributed by atoms with E-state index in [1.807, 2.05) is 49.1 Å². The fraction of sp³-hybridized carbons (Fsp3) is 0.419. The lowest BCUT2D eigenvalue weighted by atomic mass is 10.2. The second kappa shape index (κ2) is 15.7. The first kappa shape index (κ1) is 36.9. The molecule has 16 heteroatoms. The molecule has 4 aliphatic carbocycles. The molecule has 6 heterocycles. The monoisotopic (exact) mass is 793 g/mol. The SMILES string of the molecule is O=C1CN(CC2CC2c2cnc(N[C@H]3CC[C@H](Nc4ccc(-n5ccccc5=O)cn4)C3)nc2)C(=O)N1c1ccc(N[C@H]2CC[C@H](Nc3ncc(C4CC4)cn3)C2)nc1. The van der Waals surface area contributed by atoms with Crippen molar-refractivity contribution in [3.05, 3.63) is 107 Å². The van der Waals surface area contributed by atoms with Crippen LogP contribution in [-0.2, 0) is 4.79 Å². The summed E-state index contributed by atoms with van der Waals surface area (Å²) in [6.45, 7) is 0.558. The van der Waals surface area contributed by atoms with Crippen LogP contribution < -0.4 is 31.7 Å². The molecule has 6 atom stereocenters. The van der Waals surface area contributed by atoms with Gasteiger partial charge in [0.05, 0.1) is 23.8 Å². The molecule has 2 unspecified atom stereocenters. The van der Waals surface area contributed by atoms with E-state index in [9.17, 15) is 14.4 Å². The zero-order valence-electron chi connectivity index (χ0n) is 32.7. The van der Waals surface area contributed by atoms with Crippen LogP contribution in [0.4, 0.5) is 34.0 Å². The standard InChI is InChI=1S/C43H47N13O3/c57-39-3-1-2-14-55(39)34-10-12-37(44-22-34)50-30-6-9-33(16-30)53-42-48-20-29(21-49-42)36-15-27(36)24-54-25-40(58)56(43(54)59)35-11-13-38(45-23-35)51-31-7-8-32(17-31)52-41-46-18-28(19-47-41)26-4-5-26/h1-3,10-14,18-23,26-27,30-33,36H,4-9,15-17,24-25H2,(H,44,50)(H,45,51)(H,46,47,52)(H,48,49,53)/t27?,30-,31-,32-,33-,36?/m0/s1. The number of hydrogen-bond acceptors (Lipinski definition) is 13. The van der Waals surface area contributed by atoms with Crippen LogP contribution in [0.15, 0.2) is 90.6 Å². The molecule has 1 aliphatic heterocycles. The van der Waals surface area contributed by atoms with Gasteiger partial charge in [-0.3, -0.25) is 14.2 Å². The normalized spacial score (nSPS) is 25.0. The maximum atomic E-state index is 13.5. The Bertz CT molecular complexity index is 2350. The number of pyridine rings is 3. The summed E-state index contributed by atoms with van der Waals surface area (Å²) in [7, 11) is 0. The lowest BCUT2D eigenvalue weighted by Crippen LogP contribution is -2.34. The average molecular weight is 794 g/mol. The third-order valence-corrected chi connectivity index (χ3v) is 12.3. The number of anilines is 5. The molecule has 5 aromatic rings. The Labute approximate surface area is 341 Å².